The van der Waals surface area contributed by atoms with Crippen LogP contribution in [0.15, 0.2) is 45.5 Å². The molecule has 0 saturated carbocycles. The van der Waals surface area contributed by atoms with Crippen molar-refractivity contribution >= 4 is 50.7 Å². The van der Waals surface area contributed by atoms with E-state index in [1.165, 1.54) is 23.1 Å². The number of amides is 1. The molecule has 0 unspecified atom stereocenters. The van der Waals surface area contributed by atoms with Crippen molar-refractivity contribution < 1.29 is 9.53 Å². The van der Waals surface area contributed by atoms with Gasteiger partial charge in [-0.15, -0.1) is 29.3 Å². The normalized spacial score (nSPS) is 14.1. The van der Waals surface area contributed by atoms with Gasteiger partial charge >= 0.3 is 6.09 Å². The number of aromatic nitrogens is 2. The number of hydrogen-bond acceptors (Lipinski definition) is 7. The summed E-state index contributed by atoms with van der Waals surface area (Å²) in [6.07, 6.45) is 1.43. The highest BCUT2D eigenvalue weighted by molar-refractivity contribution is 7.99. The molecule has 1 aliphatic heterocycles. The van der Waals surface area contributed by atoms with Gasteiger partial charge in [-0.05, 0) is 11.4 Å². The van der Waals surface area contributed by atoms with Crippen LogP contribution in [-0.4, -0.2) is 46.0 Å². The second-order valence-electron chi connectivity index (χ2n) is 5.86. The van der Waals surface area contributed by atoms with Crippen LogP contribution in [0.2, 0.25) is 0 Å². The number of allylic oxidation sites excluding steroid dienone is 1. The van der Waals surface area contributed by atoms with E-state index in [0.29, 0.717) is 42.5 Å². The smallest absolute Gasteiger partial charge is 0.409 e. The topological polar surface area (TPSA) is 64.4 Å². The molecule has 0 bridgehead atoms. The van der Waals surface area contributed by atoms with E-state index < -0.39 is 0 Å². The monoisotopic (exact) mass is 419 g/mol. The van der Waals surface area contributed by atoms with E-state index in [4.69, 9.17) is 9.72 Å². The number of hydrogen-bond donors (Lipinski definition) is 0. The maximum atomic E-state index is 13.2. The molecule has 0 radical (unpaired) electrons. The molecule has 3 aromatic heterocycles. The lowest BCUT2D eigenvalue weighted by molar-refractivity contribution is 0.160. The SMILES string of the molecule is C=CCn1c(SCCN2CCOC2=O)nc2scc(-c3cccs3)c2c1=O. The molecule has 6 nitrogen and oxygen atoms in total. The Morgan fingerprint density at radius 2 is 2.26 bits per heavy atom. The van der Waals surface area contributed by atoms with Gasteiger partial charge in [0.1, 0.15) is 11.4 Å². The summed E-state index contributed by atoms with van der Waals surface area (Å²) in [7, 11) is 0. The number of rotatable bonds is 7. The van der Waals surface area contributed by atoms with E-state index >= 15 is 0 Å². The second kappa shape index (κ2) is 7.87. The van der Waals surface area contributed by atoms with E-state index in [2.05, 4.69) is 6.58 Å². The molecule has 27 heavy (non-hydrogen) atoms. The first-order valence-electron chi connectivity index (χ1n) is 8.40. The third-order valence-corrected chi connectivity index (χ3v) is 6.93. The van der Waals surface area contributed by atoms with Gasteiger partial charge in [0.2, 0.25) is 0 Å². The quantitative estimate of drug-likeness (QED) is 0.330. The Labute approximate surface area is 168 Å². The Morgan fingerprint density at radius 1 is 1.37 bits per heavy atom. The molecule has 1 fully saturated rings. The summed E-state index contributed by atoms with van der Waals surface area (Å²) in [5.74, 6) is 0.646. The van der Waals surface area contributed by atoms with E-state index in [-0.39, 0.29) is 11.7 Å². The number of thiophene rings is 2. The standard InChI is InChI=1S/C18H17N3O3S3/c1-2-5-21-16(22)14-12(13-4-3-9-25-13)11-27-15(14)19-17(21)26-10-7-20-6-8-24-18(20)23/h2-4,9,11H,1,5-8,10H2. The molecule has 1 amide bonds. The van der Waals surface area contributed by atoms with Crippen LogP contribution in [0.5, 0.6) is 0 Å². The molecular formula is C18H17N3O3S3. The highest BCUT2D eigenvalue weighted by Gasteiger charge is 2.22. The number of carbonyl (C=O) groups is 1. The van der Waals surface area contributed by atoms with E-state index in [1.807, 2.05) is 22.9 Å². The number of nitrogens with zero attached hydrogens (tertiary/aromatic N) is 3. The summed E-state index contributed by atoms with van der Waals surface area (Å²) in [4.78, 5) is 32.9. The molecule has 1 saturated heterocycles. The Bertz CT molecular complexity index is 1040. The molecule has 0 spiro atoms. The zero-order valence-corrected chi connectivity index (χ0v) is 16.9. The van der Waals surface area contributed by atoms with Gasteiger partial charge in [-0.2, -0.15) is 0 Å². The Morgan fingerprint density at radius 3 is 2.96 bits per heavy atom. The molecule has 140 valence electrons. The molecule has 0 aromatic carbocycles. The third kappa shape index (κ3) is 3.54. The summed E-state index contributed by atoms with van der Waals surface area (Å²) in [6.45, 7) is 5.79. The predicted molar refractivity (Wildman–Crippen MR) is 111 cm³/mol. The fraction of sp³-hybridized carbons (Fsp3) is 0.278. The van der Waals surface area contributed by atoms with Crippen LogP contribution in [0.4, 0.5) is 4.79 Å². The van der Waals surface area contributed by atoms with Crippen LogP contribution in [0.3, 0.4) is 0 Å². The molecule has 0 aliphatic carbocycles. The minimum Gasteiger partial charge on any atom is -0.448 e. The lowest BCUT2D eigenvalue weighted by atomic mass is 10.2. The highest BCUT2D eigenvalue weighted by atomic mass is 32.2. The first-order chi connectivity index (χ1) is 13.2. The maximum absolute atomic E-state index is 13.2. The van der Waals surface area contributed by atoms with Gasteiger partial charge in [0.05, 0.1) is 11.9 Å². The summed E-state index contributed by atoms with van der Waals surface area (Å²) < 4.78 is 6.60. The minimum atomic E-state index is -0.277. The minimum absolute atomic E-state index is 0.0485. The first kappa shape index (κ1) is 18.3. The van der Waals surface area contributed by atoms with Crippen molar-refractivity contribution in [2.75, 3.05) is 25.4 Å². The van der Waals surface area contributed by atoms with Crippen LogP contribution < -0.4 is 5.56 Å². The average molecular weight is 420 g/mol. The van der Waals surface area contributed by atoms with Gasteiger partial charge in [-0.25, -0.2) is 9.78 Å². The molecule has 0 atom stereocenters. The van der Waals surface area contributed by atoms with Crippen molar-refractivity contribution in [1.82, 2.24) is 14.5 Å². The number of thioether (sulfide) groups is 1. The van der Waals surface area contributed by atoms with E-state index in [9.17, 15) is 9.59 Å². The lowest BCUT2D eigenvalue weighted by Gasteiger charge is -2.13. The lowest BCUT2D eigenvalue weighted by Crippen LogP contribution is -2.27. The van der Waals surface area contributed by atoms with Crippen LogP contribution >= 0.6 is 34.4 Å². The van der Waals surface area contributed by atoms with Gasteiger partial charge in [-0.3, -0.25) is 9.36 Å². The number of cyclic esters (lactones) is 1. The van der Waals surface area contributed by atoms with Gasteiger partial charge < -0.3 is 9.64 Å². The van der Waals surface area contributed by atoms with Crippen molar-refractivity contribution in [3.05, 3.63) is 45.9 Å². The molecule has 1 aliphatic rings. The van der Waals surface area contributed by atoms with Crippen LogP contribution in [0.25, 0.3) is 20.7 Å². The maximum Gasteiger partial charge on any atom is 0.409 e. The number of fused-ring (bicyclic) bond motifs is 1. The molecule has 9 heteroatoms. The van der Waals surface area contributed by atoms with E-state index in [1.54, 1.807) is 26.9 Å². The zero-order chi connectivity index (χ0) is 18.8. The van der Waals surface area contributed by atoms with Gasteiger partial charge in [0.25, 0.3) is 5.56 Å². The summed E-state index contributed by atoms with van der Waals surface area (Å²) in [5, 5.41) is 5.32. The molecular weight excluding hydrogens is 402 g/mol. The summed E-state index contributed by atoms with van der Waals surface area (Å²) in [6, 6.07) is 3.99. The summed E-state index contributed by atoms with van der Waals surface area (Å²) in [5.41, 5.74) is 0.893. The number of carbonyl (C=O) groups excluding carboxylic acids is 1. The van der Waals surface area contributed by atoms with Crippen molar-refractivity contribution in [2.24, 2.45) is 0 Å². The third-order valence-electron chi connectivity index (χ3n) is 4.19. The van der Waals surface area contributed by atoms with Crippen molar-refractivity contribution in [2.45, 2.75) is 11.7 Å². The Balaban J connectivity index is 1.66. The molecule has 4 heterocycles. The Kier molecular flexibility index (Phi) is 5.33. The second-order valence-corrected chi connectivity index (χ2v) is 8.72. The van der Waals surface area contributed by atoms with Crippen molar-refractivity contribution in [3.63, 3.8) is 0 Å². The van der Waals surface area contributed by atoms with Crippen molar-refractivity contribution in [1.29, 1.82) is 0 Å². The van der Waals surface area contributed by atoms with Gasteiger partial charge in [-0.1, -0.05) is 23.9 Å². The van der Waals surface area contributed by atoms with Gasteiger partial charge in [0.15, 0.2) is 5.16 Å². The largest absolute Gasteiger partial charge is 0.448 e. The Hall–Kier alpha value is -2.10. The van der Waals surface area contributed by atoms with Crippen LogP contribution in [0.1, 0.15) is 0 Å². The van der Waals surface area contributed by atoms with Crippen LogP contribution in [0, 0.1) is 0 Å². The van der Waals surface area contributed by atoms with Crippen molar-refractivity contribution in [3.8, 4) is 10.4 Å². The summed E-state index contributed by atoms with van der Waals surface area (Å²) >= 11 is 4.57. The highest BCUT2D eigenvalue weighted by Crippen LogP contribution is 2.34. The van der Waals surface area contributed by atoms with Crippen LogP contribution in [-0.2, 0) is 11.3 Å². The molecule has 4 rings (SSSR count). The zero-order valence-electron chi connectivity index (χ0n) is 14.4. The first-order valence-corrected chi connectivity index (χ1v) is 11.1. The number of ether oxygens (including phenoxy) is 1. The average Bonchev–Trinajstić information content (AvgIpc) is 3.39. The van der Waals surface area contributed by atoms with Gasteiger partial charge in [0, 0.05) is 34.7 Å². The van der Waals surface area contributed by atoms with E-state index in [0.717, 1.165) is 15.3 Å². The fourth-order valence-corrected chi connectivity index (χ4v) is 5.67. The molecule has 3 aromatic rings. The fourth-order valence-electron chi connectivity index (χ4n) is 2.90. The predicted octanol–water partition coefficient (Wildman–Crippen LogP) is 3.92. The molecule has 0 N–H and O–H groups in total.